The number of hydrogen-bond donors (Lipinski definition) is 1. The molecule has 0 radical (unpaired) electrons. The number of nitro groups is 1. The van der Waals surface area contributed by atoms with E-state index in [2.05, 4.69) is 5.32 Å². The minimum Gasteiger partial charge on any atom is -0.497 e. The van der Waals surface area contributed by atoms with Gasteiger partial charge in [-0.25, -0.2) is 9.18 Å². The zero-order valence-corrected chi connectivity index (χ0v) is 14.1. The van der Waals surface area contributed by atoms with E-state index in [1.54, 1.807) is 0 Å². The minimum atomic E-state index is -1.07. The number of amides is 1. The Balaban J connectivity index is 2.02. The lowest BCUT2D eigenvalue weighted by Gasteiger charge is -2.08. The van der Waals surface area contributed by atoms with Gasteiger partial charge in [0.05, 0.1) is 17.6 Å². The number of rotatable bonds is 6. The van der Waals surface area contributed by atoms with Gasteiger partial charge in [-0.05, 0) is 24.3 Å². The molecule has 2 rings (SSSR count). The van der Waals surface area contributed by atoms with Gasteiger partial charge in [0.25, 0.3) is 11.6 Å². The molecule has 1 N–H and O–H groups in total. The predicted octanol–water partition coefficient (Wildman–Crippen LogP) is 3.19. The second kappa shape index (κ2) is 8.26. The summed E-state index contributed by atoms with van der Waals surface area (Å²) in [5.74, 6) is -2.58. The van der Waals surface area contributed by atoms with Gasteiger partial charge in [0.15, 0.2) is 6.61 Å². The predicted molar refractivity (Wildman–Crippen MR) is 90.0 cm³/mol. The Hall–Kier alpha value is -3.20. The molecule has 8 nitrogen and oxygen atoms in total. The first-order valence-corrected chi connectivity index (χ1v) is 7.44. The number of anilines is 1. The van der Waals surface area contributed by atoms with Crippen molar-refractivity contribution in [2.45, 2.75) is 0 Å². The van der Waals surface area contributed by atoms with Crippen LogP contribution in [0.1, 0.15) is 10.4 Å². The summed E-state index contributed by atoms with van der Waals surface area (Å²) in [5.41, 5.74) is -0.915. The Morgan fingerprint density at radius 3 is 2.62 bits per heavy atom. The summed E-state index contributed by atoms with van der Waals surface area (Å²) in [7, 11) is 1.34. The number of esters is 1. The topological polar surface area (TPSA) is 108 Å². The highest BCUT2D eigenvalue weighted by atomic mass is 35.5. The summed E-state index contributed by atoms with van der Waals surface area (Å²) in [6, 6.07) is 7.10. The fourth-order valence-electron chi connectivity index (χ4n) is 1.95. The van der Waals surface area contributed by atoms with Gasteiger partial charge in [-0.3, -0.25) is 14.9 Å². The number of carbonyl (C=O) groups is 2. The third-order valence-electron chi connectivity index (χ3n) is 3.16. The molecule has 1 amide bonds. The molecule has 26 heavy (non-hydrogen) atoms. The molecule has 0 aliphatic rings. The lowest BCUT2D eigenvalue weighted by Crippen LogP contribution is -2.21. The van der Waals surface area contributed by atoms with Crippen LogP contribution in [0.15, 0.2) is 36.4 Å². The zero-order chi connectivity index (χ0) is 19.3. The quantitative estimate of drug-likeness (QED) is 0.467. The van der Waals surface area contributed by atoms with Crippen molar-refractivity contribution >= 4 is 34.9 Å². The van der Waals surface area contributed by atoms with Gasteiger partial charge in [-0.15, -0.1) is 0 Å². The number of halogens is 2. The van der Waals surface area contributed by atoms with Gasteiger partial charge in [-0.2, -0.15) is 0 Å². The molecule has 136 valence electrons. The number of nitro benzene ring substituents is 1. The van der Waals surface area contributed by atoms with E-state index in [1.165, 1.54) is 25.3 Å². The van der Waals surface area contributed by atoms with Crippen molar-refractivity contribution in [1.82, 2.24) is 0 Å². The van der Waals surface area contributed by atoms with Crippen LogP contribution in [0.4, 0.5) is 15.8 Å². The SMILES string of the molecule is COc1ccc(C(=O)OCC(=O)Nc2cc(Cl)ccc2[N+](=O)[O-])c(F)c1. The fourth-order valence-corrected chi connectivity index (χ4v) is 2.12. The molecule has 0 fully saturated rings. The molecule has 0 heterocycles. The normalized spacial score (nSPS) is 10.1. The van der Waals surface area contributed by atoms with E-state index in [-0.39, 0.29) is 27.7 Å². The molecule has 0 bridgehead atoms. The highest BCUT2D eigenvalue weighted by Crippen LogP contribution is 2.27. The molecule has 0 saturated carbocycles. The fraction of sp³-hybridized carbons (Fsp3) is 0.125. The third-order valence-corrected chi connectivity index (χ3v) is 3.40. The van der Waals surface area contributed by atoms with Gasteiger partial charge < -0.3 is 14.8 Å². The van der Waals surface area contributed by atoms with Crippen molar-refractivity contribution in [2.75, 3.05) is 19.0 Å². The monoisotopic (exact) mass is 382 g/mol. The number of carbonyl (C=O) groups excluding carboxylic acids is 2. The zero-order valence-electron chi connectivity index (χ0n) is 13.3. The van der Waals surface area contributed by atoms with Gasteiger partial charge in [0.2, 0.25) is 0 Å². The lowest BCUT2D eigenvalue weighted by atomic mass is 10.2. The average molecular weight is 383 g/mol. The lowest BCUT2D eigenvalue weighted by molar-refractivity contribution is -0.383. The largest absolute Gasteiger partial charge is 0.497 e. The summed E-state index contributed by atoms with van der Waals surface area (Å²) in [4.78, 5) is 33.9. The molecular formula is C16H12ClFN2O6. The highest BCUT2D eigenvalue weighted by molar-refractivity contribution is 6.31. The van der Waals surface area contributed by atoms with E-state index in [9.17, 15) is 24.1 Å². The van der Waals surface area contributed by atoms with Crippen LogP contribution in [0, 0.1) is 15.9 Å². The van der Waals surface area contributed by atoms with Crippen LogP contribution in [0.5, 0.6) is 5.75 Å². The maximum Gasteiger partial charge on any atom is 0.341 e. The highest BCUT2D eigenvalue weighted by Gasteiger charge is 2.19. The Bertz CT molecular complexity index is 874. The summed E-state index contributed by atoms with van der Waals surface area (Å²) < 4.78 is 23.3. The van der Waals surface area contributed by atoms with Crippen molar-refractivity contribution in [3.8, 4) is 5.75 Å². The average Bonchev–Trinajstić information content (AvgIpc) is 2.59. The number of ether oxygens (including phenoxy) is 2. The van der Waals surface area contributed by atoms with Crippen molar-refractivity contribution in [3.63, 3.8) is 0 Å². The molecule has 0 saturated heterocycles. The third kappa shape index (κ3) is 4.67. The number of nitrogens with zero attached hydrogens (tertiary/aromatic N) is 1. The Kier molecular flexibility index (Phi) is 6.07. The van der Waals surface area contributed by atoms with Gasteiger partial charge in [-0.1, -0.05) is 11.6 Å². The molecular weight excluding hydrogens is 371 g/mol. The Morgan fingerprint density at radius 1 is 1.27 bits per heavy atom. The number of nitrogens with one attached hydrogen (secondary N) is 1. The van der Waals surface area contributed by atoms with Crippen LogP contribution in [0.2, 0.25) is 5.02 Å². The smallest absolute Gasteiger partial charge is 0.341 e. The minimum absolute atomic E-state index is 0.154. The van der Waals surface area contributed by atoms with Crippen LogP contribution >= 0.6 is 11.6 Å². The summed E-state index contributed by atoms with van der Waals surface area (Å²) >= 11 is 5.74. The number of hydrogen-bond acceptors (Lipinski definition) is 6. The van der Waals surface area contributed by atoms with Gasteiger partial charge in [0, 0.05) is 17.2 Å². The molecule has 0 spiro atoms. The molecule has 0 aliphatic heterocycles. The van der Waals surface area contributed by atoms with Crippen molar-refractivity contribution in [3.05, 3.63) is 62.9 Å². The van der Waals surface area contributed by atoms with Gasteiger partial charge >= 0.3 is 5.97 Å². The van der Waals surface area contributed by atoms with E-state index in [0.717, 1.165) is 18.2 Å². The second-order valence-corrected chi connectivity index (χ2v) is 5.33. The van der Waals surface area contributed by atoms with E-state index in [1.807, 2.05) is 0 Å². The van der Waals surface area contributed by atoms with Crippen LogP contribution in [0.3, 0.4) is 0 Å². The first-order valence-electron chi connectivity index (χ1n) is 7.06. The van der Waals surface area contributed by atoms with E-state index in [4.69, 9.17) is 21.1 Å². The van der Waals surface area contributed by atoms with Crippen molar-refractivity contribution in [1.29, 1.82) is 0 Å². The maximum absolute atomic E-state index is 13.8. The van der Waals surface area contributed by atoms with E-state index in [0.29, 0.717) is 0 Å². The van der Waals surface area contributed by atoms with Crippen molar-refractivity contribution < 1.29 is 28.4 Å². The number of methoxy groups -OCH3 is 1. The number of benzene rings is 2. The standard InChI is InChI=1S/C16H12ClFN2O6/c1-25-10-3-4-11(12(18)7-10)16(22)26-8-15(21)19-13-6-9(17)2-5-14(13)20(23)24/h2-7H,8H2,1H3,(H,19,21). The van der Waals surface area contributed by atoms with Gasteiger partial charge in [0.1, 0.15) is 17.3 Å². The molecule has 0 aromatic heterocycles. The molecule has 2 aromatic carbocycles. The molecule has 0 atom stereocenters. The Labute approximate surface area is 151 Å². The van der Waals surface area contributed by atoms with E-state index < -0.39 is 29.2 Å². The Morgan fingerprint density at radius 2 is 2.00 bits per heavy atom. The second-order valence-electron chi connectivity index (χ2n) is 4.89. The van der Waals surface area contributed by atoms with Crippen LogP contribution in [-0.2, 0) is 9.53 Å². The van der Waals surface area contributed by atoms with Crippen molar-refractivity contribution in [2.24, 2.45) is 0 Å². The molecule has 2 aromatic rings. The van der Waals surface area contributed by atoms with E-state index >= 15 is 0 Å². The molecule has 0 unspecified atom stereocenters. The van der Waals surface area contributed by atoms with Crippen LogP contribution in [0.25, 0.3) is 0 Å². The first-order chi connectivity index (χ1) is 12.3. The summed E-state index contributed by atoms with van der Waals surface area (Å²) in [6.45, 7) is -0.770. The molecule has 0 aliphatic carbocycles. The first kappa shape index (κ1) is 19.1. The molecule has 10 heteroatoms. The summed E-state index contributed by atoms with van der Waals surface area (Å²) in [5, 5.41) is 13.3. The maximum atomic E-state index is 13.8. The van der Waals surface area contributed by atoms with Crippen LogP contribution in [-0.4, -0.2) is 30.5 Å². The van der Waals surface area contributed by atoms with Crippen LogP contribution < -0.4 is 10.1 Å². The summed E-state index contributed by atoms with van der Waals surface area (Å²) in [6.07, 6.45) is 0.